The molecule has 13 heavy (non-hydrogen) atoms. The molecule has 2 heteroatoms. The van der Waals surface area contributed by atoms with Gasteiger partial charge in [-0.15, -0.1) is 0 Å². The lowest BCUT2D eigenvalue weighted by molar-refractivity contribution is -0.127. The lowest BCUT2D eigenvalue weighted by Gasteiger charge is -2.46. The molecule has 1 fully saturated rings. The molecule has 0 aromatic heterocycles. The van der Waals surface area contributed by atoms with Gasteiger partial charge in [0.05, 0.1) is 11.7 Å². The molecule has 1 aliphatic carbocycles. The molecule has 0 aromatic rings. The SMILES string of the molecule is CC1CC(O)CC(O)(C(C)(C)C)C1. The third-order valence-electron chi connectivity index (χ3n) is 3.33. The topological polar surface area (TPSA) is 40.5 Å². The minimum atomic E-state index is -0.690. The van der Waals surface area contributed by atoms with Crippen molar-refractivity contribution in [3.63, 3.8) is 0 Å². The van der Waals surface area contributed by atoms with Gasteiger partial charge < -0.3 is 10.2 Å². The van der Waals surface area contributed by atoms with E-state index >= 15 is 0 Å². The van der Waals surface area contributed by atoms with Gasteiger partial charge in [0.15, 0.2) is 0 Å². The summed E-state index contributed by atoms with van der Waals surface area (Å²) in [5, 5.41) is 20.0. The van der Waals surface area contributed by atoms with Crippen LogP contribution in [0.15, 0.2) is 0 Å². The maximum atomic E-state index is 10.4. The Morgan fingerprint density at radius 3 is 2.15 bits per heavy atom. The summed E-state index contributed by atoms with van der Waals surface area (Å²) >= 11 is 0. The molecule has 0 spiro atoms. The van der Waals surface area contributed by atoms with E-state index in [9.17, 15) is 10.2 Å². The highest BCUT2D eigenvalue weighted by atomic mass is 16.3. The Morgan fingerprint density at radius 2 is 1.77 bits per heavy atom. The highest BCUT2D eigenvalue weighted by molar-refractivity contribution is 4.96. The van der Waals surface area contributed by atoms with Crippen LogP contribution in [0.25, 0.3) is 0 Å². The normalized spacial score (nSPS) is 42.0. The number of hydrogen-bond donors (Lipinski definition) is 2. The fourth-order valence-electron chi connectivity index (χ4n) is 2.29. The second-order valence-corrected chi connectivity index (χ2v) is 5.68. The van der Waals surface area contributed by atoms with Crippen LogP contribution in [-0.4, -0.2) is 21.9 Å². The van der Waals surface area contributed by atoms with Gasteiger partial charge in [0, 0.05) is 6.42 Å². The molecular formula is C11H22O2. The van der Waals surface area contributed by atoms with E-state index in [1.54, 1.807) is 0 Å². The predicted molar refractivity (Wildman–Crippen MR) is 53.4 cm³/mol. The Kier molecular flexibility index (Phi) is 2.75. The second-order valence-electron chi connectivity index (χ2n) is 5.68. The molecule has 0 bridgehead atoms. The van der Waals surface area contributed by atoms with Crippen molar-refractivity contribution in [2.75, 3.05) is 0 Å². The fraction of sp³-hybridized carbons (Fsp3) is 1.00. The summed E-state index contributed by atoms with van der Waals surface area (Å²) in [5.41, 5.74) is -0.827. The van der Waals surface area contributed by atoms with Crippen LogP contribution < -0.4 is 0 Å². The summed E-state index contributed by atoms with van der Waals surface area (Å²) in [7, 11) is 0. The number of rotatable bonds is 0. The summed E-state index contributed by atoms with van der Waals surface area (Å²) < 4.78 is 0. The van der Waals surface area contributed by atoms with Crippen LogP contribution in [0.2, 0.25) is 0 Å². The summed E-state index contributed by atoms with van der Waals surface area (Å²) in [6, 6.07) is 0. The molecule has 0 aromatic carbocycles. The van der Waals surface area contributed by atoms with E-state index < -0.39 is 5.60 Å². The molecule has 1 aliphatic rings. The Balaban J connectivity index is 2.78. The van der Waals surface area contributed by atoms with Gasteiger partial charge in [0.2, 0.25) is 0 Å². The molecule has 3 atom stereocenters. The van der Waals surface area contributed by atoms with Crippen molar-refractivity contribution < 1.29 is 10.2 Å². The fourth-order valence-corrected chi connectivity index (χ4v) is 2.29. The van der Waals surface area contributed by atoms with Crippen molar-refractivity contribution in [2.45, 2.75) is 58.7 Å². The van der Waals surface area contributed by atoms with Crippen LogP contribution in [0, 0.1) is 11.3 Å². The van der Waals surface area contributed by atoms with Gasteiger partial charge in [0.1, 0.15) is 0 Å². The van der Waals surface area contributed by atoms with Crippen molar-refractivity contribution in [2.24, 2.45) is 11.3 Å². The lowest BCUT2D eigenvalue weighted by atomic mass is 9.65. The lowest BCUT2D eigenvalue weighted by Crippen LogP contribution is -2.49. The zero-order chi connectivity index (χ0) is 10.3. The molecule has 0 heterocycles. The molecule has 78 valence electrons. The third kappa shape index (κ3) is 2.23. The Hall–Kier alpha value is -0.0800. The van der Waals surface area contributed by atoms with Gasteiger partial charge in [-0.2, -0.15) is 0 Å². The molecule has 2 N–H and O–H groups in total. The van der Waals surface area contributed by atoms with Gasteiger partial charge in [0.25, 0.3) is 0 Å². The zero-order valence-corrected chi connectivity index (χ0v) is 9.17. The van der Waals surface area contributed by atoms with Crippen LogP contribution in [0.5, 0.6) is 0 Å². The largest absolute Gasteiger partial charge is 0.393 e. The smallest absolute Gasteiger partial charge is 0.0722 e. The average molecular weight is 186 g/mol. The van der Waals surface area contributed by atoms with Crippen molar-refractivity contribution in [3.8, 4) is 0 Å². The van der Waals surface area contributed by atoms with Crippen LogP contribution >= 0.6 is 0 Å². The minimum absolute atomic E-state index is 0.136. The highest BCUT2D eigenvalue weighted by Crippen LogP contribution is 2.43. The maximum absolute atomic E-state index is 10.4. The Morgan fingerprint density at radius 1 is 1.23 bits per heavy atom. The van der Waals surface area contributed by atoms with Gasteiger partial charge >= 0.3 is 0 Å². The first-order valence-electron chi connectivity index (χ1n) is 5.15. The maximum Gasteiger partial charge on any atom is 0.0722 e. The molecule has 1 saturated carbocycles. The minimum Gasteiger partial charge on any atom is -0.393 e. The van der Waals surface area contributed by atoms with E-state index in [2.05, 4.69) is 6.92 Å². The first kappa shape index (κ1) is 11.0. The van der Waals surface area contributed by atoms with Crippen molar-refractivity contribution in [3.05, 3.63) is 0 Å². The predicted octanol–water partition coefficient (Wildman–Crippen LogP) is 1.94. The van der Waals surface area contributed by atoms with Crippen molar-refractivity contribution in [1.29, 1.82) is 0 Å². The van der Waals surface area contributed by atoms with Crippen LogP contribution in [0.3, 0.4) is 0 Å². The van der Waals surface area contributed by atoms with Crippen molar-refractivity contribution >= 4 is 0 Å². The van der Waals surface area contributed by atoms with E-state index in [1.807, 2.05) is 20.8 Å². The molecule has 0 radical (unpaired) electrons. The molecule has 3 unspecified atom stereocenters. The standard InChI is InChI=1S/C11H22O2/c1-8-5-9(12)7-11(13,6-8)10(2,3)4/h8-9,12-13H,5-7H2,1-4H3. The molecule has 1 rings (SSSR count). The van der Waals surface area contributed by atoms with E-state index in [-0.39, 0.29) is 11.5 Å². The highest BCUT2D eigenvalue weighted by Gasteiger charge is 2.45. The first-order chi connectivity index (χ1) is 5.74. The molecule has 2 nitrogen and oxygen atoms in total. The molecule has 0 aliphatic heterocycles. The van der Waals surface area contributed by atoms with E-state index in [0.717, 1.165) is 12.8 Å². The Bertz CT molecular complexity index is 171. The van der Waals surface area contributed by atoms with E-state index in [4.69, 9.17) is 0 Å². The number of aliphatic hydroxyl groups is 2. The van der Waals surface area contributed by atoms with Gasteiger partial charge in [-0.3, -0.25) is 0 Å². The van der Waals surface area contributed by atoms with Crippen LogP contribution in [0.1, 0.15) is 47.0 Å². The quantitative estimate of drug-likeness (QED) is 0.607. The molecule has 0 saturated heterocycles. The molecular weight excluding hydrogens is 164 g/mol. The van der Waals surface area contributed by atoms with Crippen LogP contribution in [-0.2, 0) is 0 Å². The summed E-state index contributed by atoms with van der Waals surface area (Å²) in [5.74, 6) is 0.424. The number of aliphatic hydroxyl groups excluding tert-OH is 1. The van der Waals surface area contributed by atoms with E-state index in [1.165, 1.54) is 0 Å². The number of hydrogen-bond acceptors (Lipinski definition) is 2. The Labute approximate surface area is 81.0 Å². The second kappa shape index (κ2) is 3.25. The van der Waals surface area contributed by atoms with Crippen LogP contribution in [0.4, 0.5) is 0 Å². The van der Waals surface area contributed by atoms with E-state index in [0.29, 0.717) is 12.3 Å². The van der Waals surface area contributed by atoms with Gasteiger partial charge in [-0.25, -0.2) is 0 Å². The third-order valence-corrected chi connectivity index (χ3v) is 3.33. The van der Waals surface area contributed by atoms with Crippen molar-refractivity contribution in [1.82, 2.24) is 0 Å². The summed E-state index contributed by atoms with van der Waals surface area (Å²) in [6.07, 6.45) is 1.85. The zero-order valence-electron chi connectivity index (χ0n) is 9.17. The average Bonchev–Trinajstić information content (AvgIpc) is 1.79. The van der Waals surface area contributed by atoms with Gasteiger partial charge in [-0.1, -0.05) is 27.7 Å². The first-order valence-corrected chi connectivity index (χ1v) is 5.15. The molecule has 0 amide bonds. The monoisotopic (exact) mass is 186 g/mol. The summed E-state index contributed by atoms with van der Waals surface area (Å²) in [6.45, 7) is 8.21. The summed E-state index contributed by atoms with van der Waals surface area (Å²) in [4.78, 5) is 0. The van der Waals surface area contributed by atoms with Gasteiger partial charge in [-0.05, 0) is 24.2 Å².